The average molecular weight is 456 g/mol. The van der Waals surface area contributed by atoms with Gasteiger partial charge in [-0.05, 0) is 32.0 Å². The number of benzene rings is 1. The lowest BCUT2D eigenvalue weighted by molar-refractivity contribution is -0.122. The van der Waals surface area contributed by atoms with Crippen LogP contribution in [0.1, 0.15) is 16.2 Å². The highest BCUT2D eigenvalue weighted by Gasteiger charge is 2.36. The Labute approximate surface area is 187 Å². The summed E-state index contributed by atoms with van der Waals surface area (Å²) in [5.41, 5.74) is 2.67. The van der Waals surface area contributed by atoms with Gasteiger partial charge in [-0.1, -0.05) is 0 Å². The summed E-state index contributed by atoms with van der Waals surface area (Å²) >= 11 is 3.13. The maximum atomic E-state index is 12.8. The number of nitrogens with one attached hydrogen (secondary N) is 1. The fourth-order valence-corrected chi connectivity index (χ4v) is 5.53. The molecule has 3 aromatic rings. The monoisotopic (exact) mass is 455 g/mol. The second-order valence-electron chi connectivity index (χ2n) is 7.59. The molecule has 0 unspecified atom stereocenters. The molecule has 2 aliphatic heterocycles. The molecule has 1 aromatic carbocycles. The van der Waals surface area contributed by atoms with Gasteiger partial charge in [-0.3, -0.25) is 9.59 Å². The van der Waals surface area contributed by atoms with Crippen molar-refractivity contribution in [2.75, 3.05) is 30.0 Å². The van der Waals surface area contributed by atoms with E-state index in [9.17, 15) is 9.59 Å². The molecule has 0 saturated carbocycles. The number of thiophene rings is 1. The summed E-state index contributed by atoms with van der Waals surface area (Å²) in [4.78, 5) is 34.1. The van der Waals surface area contributed by atoms with Gasteiger partial charge in [0.1, 0.15) is 13.2 Å². The van der Waals surface area contributed by atoms with Gasteiger partial charge in [-0.25, -0.2) is 4.98 Å². The number of fused-ring (bicyclic) bond motifs is 1. The summed E-state index contributed by atoms with van der Waals surface area (Å²) in [5, 5.41) is 5.39. The number of carbonyl (C=O) groups excluding carboxylic acids is 2. The predicted octanol–water partition coefficient (Wildman–Crippen LogP) is 4.25. The zero-order valence-corrected chi connectivity index (χ0v) is 18.8. The second kappa shape index (κ2) is 7.97. The minimum absolute atomic E-state index is 0.0824. The van der Waals surface area contributed by atoms with E-state index in [-0.39, 0.29) is 18.2 Å². The summed E-state index contributed by atoms with van der Waals surface area (Å²) in [6.07, 6.45) is 0.168. The third kappa shape index (κ3) is 3.90. The molecular formula is C22H21N3O4S2. The van der Waals surface area contributed by atoms with E-state index in [1.807, 2.05) is 11.4 Å². The van der Waals surface area contributed by atoms with E-state index in [0.29, 0.717) is 42.1 Å². The van der Waals surface area contributed by atoms with Crippen LogP contribution >= 0.6 is 22.7 Å². The van der Waals surface area contributed by atoms with Gasteiger partial charge < -0.3 is 19.7 Å². The Bertz CT molecular complexity index is 1170. The lowest BCUT2D eigenvalue weighted by Gasteiger charge is -2.22. The molecule has 0 radical (unpaired) electrons. The smallest absolute Gasteiger partial charge is 0.231 e. The van der Waals surface area contributed by atoms with E-state index in [1.165, 1.54) is 21.1 Å². The van der Waals surface area contributed by atoms with Crippen LogP contribution < -0.4 is 19.7 Å². The molecule has 1 fully saturated rings. The van der Waals surface area contributed by atoms with Gasteiger partial charge in [0.15, 0.2) is 16.6 Å². The van der Waals surface area contributed by atoms with Crippen LogP contribution in [0.25, 0.3) is 11.3 Å². The number of aromatic nitrogens is 1. The SMILES string of the molecule is Cc1cc(-c2csc(NC(=O)[C@H]3CC(=O)N(c4ccc5c(c4)OCCO5)C3)n2)c(C)s1. The average Bonchev–Trinajstić information content (AvgIpc) is 3.46. The van der Waals surface area contributed by atoms with Gasteiger partial charge in [0.25, 0.3) is 0 Å². The molecule has 5 rings (SSSR count). The van der Waals surface area contributed by atoms with Crippen LogP contribution in [0.15, 0.2) is 29.6 Å². The van der Waals surface area contributed by atoms with Gasteiger partial charge in [-0.2, -0.15) is 0 Å². The van der Waals surface area contributed by atoms with E-state index in [0.717, 1.165) is 11.3 Å². The van der Waals surface area contributed by atoms with Gasteiger partial charge in [0, 0.05) is 45.4 Å². The molecule has 2 aromatic heterocycles. The first kappa shape index (κ1) is 20.0. The summed E-state index contributed by atoms with van der Waals surface area (Å²) < 4.78 is 11.2. The molecule has 7 nitrogen and oxygen atoms in total. The maximum Gasteiger partial charge on any atom is 0.231 e. The number of amides is 2. The Hall–Kier alpha value is -2.91. The van der Waals surface area contributed by atoms with Crippen LogP contribution in [-0.2, 0) is 9.59 Å². The first-order valence-corrected chi connectivity index (χ1v) is 11.7. The van der Waals surface area contributed by atoms with E-state index in [1.54, 1.807) is 28.4 Å². The van der Waals surface area contributed by atoms with Gasteiger partial charge in [0.2, 0.25) is 11.8 Å². The quantitative estimate of drug-likeness (QED) is 0.636. The number of aryl methyl sites for hydroxylation is 2. The van der Waals surface area contributed by atoms with E-state index < -0.39 is 5.92 Å². The summed E-state index contributed by atoms with van der Waals surface area (Å²) in [5.74, 6) is 0.594. The topological polar surface area (TPSA) is 80.8 Å². The van der Waals surface area contributed by atoms with Crippen molar-refractivity contribution in [3.8, 4) is 22.8 Å². The highest BCUT2D eigenvalue weighted by Crippen LogP contribution is 2.36. The van der Waals surface area contributed by atoms with Crippen molar-refractivity contribution < 1.29 is 19.1 Å². The Morgan fingerprint density at radius 2 is 2.00 bits per heavy atom. The molecule has 0 bridgehead atoms. The normalized spacial score (nSPS) is 17.8. The largest absolute Gasteiger partial charge is 0.486 e. The van der Waals surface area contributed by atoms with Gasteiger partial charge in [-0.15, -0.1) is 22.7 Å². The van der Waals surface area contributed by atoms with Crippen LogP contribution in [0.4, 0.5) is 10.8 Å². The van der Waals surface area contributed by atoms with Crippen LogP contribution in [0.2, 0.25) is 0 Å². The molecule has 31 heavy (non-hydrogen) atoms. The van der Waals surface area contributed by atoms with Crippen molar-refractivity contribution in [3.05, 3.63) is 39.4 Å². The molecular weight excluding hydrogens is 434 g/mol. The van der Waals surface area contributed by atoms with Crippen LogP contribution in [0.5, 0.6) is 11.5 Å². The molecule has 9 heteroatoms. The fourth-order valence-electron chi connectivity index (χ4n) is 3.88. The molecule has 2 amide bonds. The zero-order valence-electron chi connectivity index (χ0n) is 17.1. The number of hydrogen-bond donors (Lipinski definition) is 1. The number of anilines is 2. The first-order chi connectivity index (χ1) is 15.0. The minimum atomic E-state index is -0.432. The molecule has 1 atom stereocenters. The molecule has 4 heterocycles. The number of ether oxygens (including phenoxy) is 2. The van der Waals surface area contributed by atoms with Crippen LogP contribution in [0.3, 0.4) is 0 Å². The van der Waals surface area contributed by atoms with Crippen molar-refractivity contribution in [3.63, 3.8) is 0 Å². The fraction of sp³-hybridized carbons (Fsp3) is 0.318. The van der Waals surface area contributed by atoms with Crippen LogP contribution in [0, 0.1) is 19.8 Å². The second-order valence-corrected chi connectivity index (χ2v) is 9.91. The summed E-state index contributed by atoms with van der Waals surface area (Å²) in [7, 11) is 0. The molecule has 0 spiro atoms. The molecule has 2 aliphatic rings. The highest BCUT2D eigenvalue weighted by atomic mass is 32.1. The molecule has 0 aliphatic carbocycles. The third-order valence-electron chi connectivity index (χ3n) is 5.38. The first-order valence-electron chi connectivity index (χ1n) is 10.0. The van der Waals surface area contributed by atoms with Crippen molar-refractivity contribution in [2.45, 2.75) is 20.3 Å². The van der Waals surface area contributed by atoms with Crippen molar-refractivity contribution >= 4 is 45.3 Å². The number of thiazole rings is 1. The molecule has 160 valence electrons. The third-order valence-corrected chi connectivity index (χ3v) is 7.11. The van der Waals surface area contributed by atoms with Gasteiger partial charge >= 0.3 is 0 Å². The summed E-state index contributed by atoms with van der Waals surface area (Å²) in [6.45, 7) is 5.46. The maximum absolute atomic E-state index is 12.8. The lowest BCUT2D eigenvalue weighted by Crippen LogP contribution is -2.28. The molecule has 1 N–H and O–H groups in total. The Morgan fingerprint density at radius 3 is 2.77 bits per heavy atom. The standard InChI is InChI=1S/C22H21N3O4S2/c1-12-7-16(13(2)31-12)17-11-30-22(23-17)24-21(27)14-8-20(26)25(10-14)15-3-4-18-19(9-15)29-6-5-28-18/h3-4,7,9,11,14H,5-6,8,10H2,1-2H3,(H,23,24,27)/t14-/m0/s1. The van der Waals surface area contributed by atoms with E-state index in [2.05, 4.69) is 30.2 Å². The zero-order chi connectivity index (χ0) is 21.5. The Kier molecular flexibility index (Phi) is 5.15. The van der Waals surface area contributed by atoms with E-state index >= 15 is 0 Å². The lowest BCUT2D eigenvalue weighted by atomic mass is 10.1. The Morgan fingerprint density at radius 1 is 1.19 bits per heavy atom. The van der Waals surface area contributed by atoms with Crippen molar-refractivity contribution in [1.29, 1.82) is 0 Å². The van der Waals surface area contributed by atoms with Crippen molar-refractivity contribution in [2.24, 2.45) is 5.92 Å². The number of nitrogens with zero attached hydrogens (tertiary/aromatic N) is 2. The summed E-state index contributed by atoms with van der Waals surface area (Å²) in [6, 6.07) is 7.53. The van der Waals surface area contributed by atoms with Crippen LogP contribution in [-0.4, -0.2) is 36.6 Å². The highest BCUT2D eigenvalue weighted by molar-refractivity contribution is 7.14. The number of hydrogen-bond acceptors (Lipinski definition) is 7. The Balaban J connectivity index is 1.27. The van der Waals surface area contributed by atoms with E-state index in [4.69, 9.17) is 9.47 Å². The number of rotatable bonds is 4. The van der Waals surface area contributed by atoms with Gasteiger partial charge in [0.05, 0.1) is 11.6 Å². The van der Waals surface area contributed by atoms with Crippen molar-refractivity contribution in [1.82, 2.24) is 4.98 Å². The number of carbonyl (C=O) groups is 2. The minimum Gasteiger partial charge on any atom is -0.486 e. The predicted molar refractivity (Wildman–Crippen MR) is 121 cm³/mol. The molecule has 1 saturated heterocycles.